The van der Waals surface area contributed by atoms with Crippen LogP contribution >= 0.6 is 0 Å². The van der Waals surface area contributed by atoms with E-state index in [1.54, 1.807) is 0 Å². The van der Waals surface area contributed by atoms with Crippen LogP contribution < -0.4 is 29.6 Å². The summed E-state index contributed by atoms with van der Waals surface area (Å²) in [6.07, 6.45) is 30.3. The van der Waals surface area contributed by atoms with Crippen LogP contribution in [0.2, 0.25) is 0 Å². The van der Waals surface area contributed by atoms with Crippen LogP contribution in [0.4, 0.5) is 0 Å². The summed E-state index contributed by atoms with van der Waals surface area (Å²) >= 11 is 0. The molecule has 1 heteroatoms. The van der Waals surface area contributed by atoms with Gasteiger partial charge in [-0.3, -0.25) is 0 Å². The molecule has 0 spiro atoms. The zero-order chi connectivity index (χ0) is 17.5. The minimum absolute atomic E-state index is 0. The van der Waals surface area contributed by atoms with Crippen molar-refractivity contribution in [3.05, 3.63) is 31.2 Å². The molecule has 0 saturated heterocycles. The zero-order valence-corrected chi connectivity index (χ0v) is 19.7. The average molecular weight is 355 g/mol. The second kappa shape index (κ2) is 16.6. The molecule has 0 amide bonds. The summed E-state index contributed by atoms with van der Waals surface area (Å²) in [6.45, 7) is 8.69. The summed E-state index contributed by atoms with van der Waals surface area (Å²) in [5.74, 6) is 0.695. The predicted octanol–water partition coefficient (Wildman–Crippen LogP) is 5.44. The van der Waals surface area contributed by atoms with E-state index in [0.29, 0.717) is 11.3 Å². The van der Waals surface area contributed by atoms with Gasteiger partial charge < -0.3 is 6.92 Å². The first kappa shape index (κ1) is 25.5. The van der Waals surface area contributed by atoms with Crippen LogP contribution in [0.3, 0.4) is 0 Å². The molecule has 2 atom stereocenters. The van der Waals surface area contributed by atoms with Crippen LogP contribution in [0.15, 0.2) is 24.3 Å². The van der Waals surface area contributed by atoms with E-state index in [4.69, 9.17) is 0 Å². The van der Waals surface area contributed by atoms with Crippen molar-refractivity contribution < 1.29 is 29.6 Å². The van der Waals surface area contributed by atoms with E-state index in [9.17, 15) is 0 Å². The molecule has 0 aromatic carbocycles. The molecule has 0 radical (unpaired) electrons. The predicted molar refractivity (Wildman–Crippen MR) is 110 cm³/mol. The van der Waals surface area contributed by atoms with Gasteiger partial charge in [0.1, 0.15) is 0 Å². The summed E-state index contributed by atoms with van der Waals surface area (Å²) in [5.41, 5.74) is 0.405. The Morgan fingerprint density at radius 2 is 1.16 bits per heavy atom. The first-order chi connectivity index (χ1) is 11.7. The SMILES string of the molecule is [CH2-]CCCCCCCCCCCCCCCC1(C)C=CC=CC1C.[Na+]. The quantitative estimate of drug-likeness (QED) is 0.208. The van der Waals surface area contributed by atoms with Gasteiger partial charge in [-0.2, -0.15) is 6.42 Å². The van der Waals surface area contributed by atoms with Gasteiger partial charge >= 0.3 is 29.6 Å². The van der Waals surface area contributed by atoms with Gasteiger partial charge in [0.05, 0.1) is 0 Å². The molecule has 0 bridgehead atoms. The fourth-order valence-electron chi connectivity index (χ4n) is 3.82. The van der Waals surface area contributed by atoms with Gasteiger partial charge in [0.25, 0.3) is 0 Å². The van der Waals surface area contributed by atoms with Gasteiger partial charge in [-0.25, -0.2) is 0 Å². The number of unbranched alkanes of at least 4 members (excludes halogenated alkanes) is 13. The molecule has 140 valence electrons. The summed E-state index contributed by atoms with van der Waals surface area (Å²) in [5, 5.41) is 0. The van der Waals surface area contributed by atoms with E-state index in [1.807, 2.05) is 0 Å². The summed E-state index contributed by atoms with van der Waals surface area (Å²) < 4.78 is 0. The van der Waals surface area contributed by atoms with Crippen LogP contribution in [0.1, 0.15) is 110 Å². The first-order valence-corrected chi connectivity index (χ1v) is 10.8. The molecule has 25 heavy (non-hydrogen) atoms. The standard InChI is InChI=1S/C24H43.Na/c1-4-5-6-7-8-9-10-11-12-13-14-15-16-18-21-24(3)22-19-17-20-23(24)2;/h17,19-20,22-23H,1,4-16,18,21H2,2-3H3;/q-1;+1. The molecule has 2 unspecified atom stereocenters. The maximum absolute atomic E-state index is 3.90. The van der Waals surface area contributed by atoms with E-state index in [-0.39, 0.29) is 29.6 Å². The second-order valence-electron chi connectivity index (χ2n) is 8.24. The molecule has 0 fully saturated rings. The van der Waals surface area contributed by atoms with Gasteiger partial charge in [-0.1, -0.05) is 122 Å². The minimum Gasteiger partial charge on any atom is -0.343 e. The zero-order valence-electron chi connectivity index (χ0n) is 17.7. The fraction of sp³-hybridized carbons (Fsp3) is 0.792. The van der Waals surface area contributed by atoms with Gasteiger partial charge in [0, 0.05) is 0 Å². The van der Waals surface area contributed by atoms with E-state index in [1.165, 1.54) is 89.9 Å². The molecule has 0 aliphatic heterocycles. The van der Waals surface area contributed by atoms with Crippen molar-refractivity contribution in [1.29, 1.82) is 0 Å². The van der Waals surface area contributed by atoms with Crippen LogP contribution in [-0.4, -0.2) is 0 Å². The van der Waals surface area contributed by atoms with Crippen molar-refractivity contribution in [3.8, 4) is 0 Å². The summed E-state index contributed by atoms with van der Waals surface area (Å²) in [6, 6.07) is 0. The van der Waals surface area contributed by atoms with E-state index in [0.717, 1.165) is 6.42 Å². The Balaban J connectivity index is 0.00000576. The molecule has 0 saturated carbocycles. The largest absolute Gasteiger partial charge is 1.00 e. The van der Waals surface area contributed by atoms with Gasteiger partial charge in [0.2, 0.25) is 0 Å². The van der Waals surface area contributed by atoms with E-state index < -0.39 is 0 Å². The van der Waals surface area contributed by atoms with Crippen molar-refractivity contribution in [2.75, 3.05) is 0 Å². The van der Waals surface area contributed by atoms with Crippen LogP contribution in [0.5, 0.6) is 0 Å². The molecule has 0 aromatic heterocycles. The van der Waals surface area contributed by atoms with Crippen LogP contribution in [0, 0.1) is 18.3 Å². The molecule has 0 nitrogen and oxygen atoms in total. The van der Waals surface area contributed by atoms with Crippen molar-refractivity contribution >= 4 is 0 Å². The van der Waals surface area contributed by atoms with Crippen LogP contribution in [0.25, 0.3) is 0 Å². The molecule has 0 aromatic rings. The second-order valence-corrected chi connectivity index (χ2v) is 8.24. The van der Waals surface area contributed by atoms with Crippen molar-refractivity contribution in [3.63, 3.8) is 0 Å². The Morgan fingerprint density at radius 3 is 1.60 bits per heavy atom. The van der Waals surface area contributed by atoms with Gasteiger partial charge in [-0.05, 0) is 17.8 Å². The minimum atomic E-state index is 0. The summed E-state index contributed by atoms with van der Waals surface area (Å²) in [7, 11) is 0. The number of rotatable bonds is 15. The molecular weight excluding hydrogens is 311 g/mol. The number of allylic oxidation sites excluding steroid dienone is 4. The third kappa shape index (κ3) is 12.5. The Morgan fingerprint density at radius 1 is 0.720 bits per heavy atom. The van der Waals surface area contributed by atoms with Crippen LogP contribution in [-0.2, 0) is 0 Å². The van der Waals surface area contributed by atoms with Crippen molar-refractivity contribution in [2.24, 2.45) is 11.3 Å². The maximum atomic E-state index is 3.90. The first-order valence-electron chi connectivity index (χ1n) is 10.8. The molecule has 1 aliphatic rings. The topological polar surface area (TPSA) is 0 Å². The average Bonchev–Trinajstić information content (AvgIpc) is 2.58. The Kier molecular flexibility index (Phi) is 17.0. The Bertz CT molecular complexity index is 344. The van der Waals surface area contributed by atoms with E-state index in [2.05, 4.69) is 45.1 Å². The smallest absolute Gasteiger partial charge is 0.343 e. The molecule has 0 heterocycles. The Labute approximate surface area is 181 Å². The van der Waals surface area contributed by atoms with Gasteiger partial charge in [-0.15, -0.1) is 0 Å². The molecule has 1 aliphatic carbocycles. The summed E-state index contributed by atoms with van der Waals surface area (Å²) in [4.78, 5) is 0. The third-order valence-electron chi connectivity index (χ3n) is 5.99. The number of hydrogen-bond donors (Lipinski definition) is 0. The van der Waals surface area contributed by atoms with E-state index >= 15 is 0 Å². The van der Waals surface area contributed by atoms with Crippen molar-refractivity contribution in [1.82, 2.24) is 0 Å². The fourth-order valence-corrected chi connectivity index (χ4v) is 3.82. The monoisotopic (exact) mass is 354 g/mol. The molecule has 0 N–H and O–H groups in total. The third-order valence-corrected chi connectivity index (χ3v) is 5.99. The normalized spacial score (nSPS) is 22.1. The number of hydrogen-bond acceptors (Lipinski definition) is 0. The molecule has 1 rings (SSSR count). The Hall–Kier alpha value is 0.480. The van der Waals surface area contributed by atoms with Gasteiger partial charge in [0.15, 0.2) is 0 Å². The molecular formula is C24H43Na. The van der Waals surface area contributed by atoms with Crippen molar-refractivity contribution in [2.45, 2.75) is 110 Å². The maximum Gasteiger partial charge on any atom is 1.00 e.